The van der Waals surface area contributed by atoms with E-state index >= 15 is 0 Å². The van der Waals surface area contributed by atoms with Crippen molar-refractivity contribution in [1.29, 1.82) is 0 Å². The van der Waals surface area contributed by atoms with Gasteiger partial charge in [0.25, 0.3) is 0 Å². The highest BCUT2D eigenvalue weighted by molar-refractivity contribution is 7.47. The Bertz CT molecular complexity index is 1670. The van der Waals surface area contributed by atoms with E-state index in [4.69, 9.17) is 18.5 Å². The van der Waals surface area contributed by atoms with Gasteiger partial charge in [0, 0.05) is 12.8 Å². The number of likely N-dealkylation sites (N-methyl/N-ethyl adjacent to an activating group) is 1. The second-order valence-corrected chi connectivity index (χ2v) is 24.6. The molecule has 1 N–H and O–H groups in total. The Morgan fingerprint density at radius 1 is 0.400 bits per heavy atom. The van der Waals surface area contributed by atoms with Crippen LogP contribution in [-0.2, 0) is 32.7 Å². The number of phosphoric acid groups is 1. The maximum atomic E-state index is 12.8. The second-order valence-electron chi connectivity index (χ2n) is 23.1. The molecule has 462 valence electrons. The zero-order valence-corrected chi connectivity index (χ0v) is 53.4. The standard InChI is InChI=1S/C70H124NO8P/c1-6-8-10-12-14-16-18-20-22-24-26-27-28-29-30-31-32-33-34-35-36-37-38-39-40-41-42-43-45-46-48-50-52-54-56-58-60-62-69(72)76-66-68(67-78-80(74,75)77-65-64-71(3,4)5)79-70(73)63-61-59-57-55-53-51-49-47-44-25-23-21-19-17-15-13-11-9-7-2/h9,11,15,17-18,20-21,23-24,26,44,47,51,53,57,59,68H,6-8,10,12-14,16,19,22,25,27-43,45-46,48-50,52,54-56,58,60-67H2,1-5H3/p+1/b11-9-,17-15-,20-18-,23-21-,26-24-,47-44-,53-51-,59-57-. The molecule has 0 amide bonds. The van der Waals surface area contributed by atoms with Crippen LogP contribution in [0.2, 0.25) is 0 Å². The smallest absolute Gasteiger partial charge is 0.462 e. The molecular weight excluding hydrogens is 1010 g/mol. The molecule has 0 saturated heterocycles. The molecule has 0 bridgehead atoms. The van der Waals surface area contributed by atoms with Gasteiger partial charge in [-0.15, -0.1) is 0 Å². The molecule has 0 aliphatic heterocycles. The van der Waals surface area contributed by atoms with Crippen LogP contribution >= 0.6 is 7.82 Å². The molecule has 2 unspecified atom stereocenters. The fourth-order valence-corrected chi connectivity index (χ4v) is 9.82. The lowest BCUT2D eigenvalue weighted by Gasteiger charge is -2.24. The van der Waals surface area contributed by atoms with E-state index in [1.807, 2.05) is 33.3 Å². The lowest BCUT2D eigenvalue weighted by atomic mass is 10.0. The van der Waals surface area contributed by atoms with Crippen LogP contribution in [0.1, 0.15) is 284 Å². The minimum absolute atomic E-state index is 0.0150. The Labute approximate surface area is 493 Å². The van der Waals surface area contributed by atoms with Gasteiger partial charge < -0.3 is 18.9 Å². The Balaban J connectivity index is 4.01. The van der Waals surface area contributed by atoms with Crippen LogP contribution in [0.15, 0.2) is 97.2 Å². The van der Waals surface area contributed by atoms with Crippen LogP contribution in [0.3, 0.4) is 0 Å². The van der Waals surface area contributed by atoms with Crippen LogP contribution in [-0.4, -0.2) is 74.9 Å². The van der Waals surface area contributed by atoms with Crippen LogP contribution in [0.5, 0.6) is 0 Å². The first kappa shape index (κ1) is 76.9. The lowest BCUT2D eigenvalue weighted by molar-refractivity contribution is -0.870. The number of phosphoric ester groups is 1. The molecule has 0 aromatic rings. The van der Waals surface area contributed by atoms with Gasteiger partial charge in [-0.25, -0.2) is 4.57 Å². The number of hydrogen-bond acceptors (Lipinski definition) is 7. The Kier molecular flexibility index (Phi) is 58.2. The maximum absolute atomic E-state index is 12.8. The van der Waals surface area contributed by atoms with E-state index in [1.165, 1.54) is 186 Å². The summed E-state index contributed by atoms with van der Waals surface area (Å²) < 4.78 is 34.5. The summed E-state index contributed by atoms with van der Waals surface area (Å²) in [6, 6.07) is 0. The minimum atomic E-state index is -4.41. The van der Waals surface area contributed by atoms with Crippen molar-refractivity contribution in [3.63, 3.8) is 0 Å². The fraction of sp³-hybridized carbons (Fsp3) is 0.743. The molecule has 0 saturated carbocycles. The third kappa shape index (κ3) is 64.1. The van der Waals surface area contributed by atoms with Gasteiger partial charge in [-0.1, -0.05) is 284 Å². The van der Waals surface area contributed by atoms with Crippen molar-refractivity contribution in [2.75, 3.05) is 47.5 Å². The molecule has 10 heteroatoms. The molecule has 0 heterocycles. The molecule has 0 fully saturated rings. The number of carbonyl (C=O) groups excluding carboxylic acids is 2. The monoisotopic (exact) mass is 1140 g/mol. The first-order valence-electron chi connectivity index (χ1n) is 33.0. The van der Waals surface area contributed by atoms with E-state index in [0.717, 1.165) is 64.2 Å². The van der Waals surface area contributed by atoms with Crippen molar-refractivity contribution < 1.29 is 42.1 Å². The van der Waals surface area contributed by atoms with E-state index in [9.17, 15) is 19.0 Å². The summed E-state index contributed by atoms with van der Waals surface area (Å²) in [5, 5.41) is 0. The van der Waals surface area contributed by atoms with Crippen molar-refractivity contribution in [2.45, 2.75) is 290 Å². The van der Waals surface area contributed by atoms with Crippen molar-refractivity contribution in [1.82, 2.24) is 0 Å². The highest BCUT2D eigenvalue weighted by atomic mass is 31.2. The van der Waals surface area contributed by atoms with E-state index in [2.05, 4.69) is 98.9 Å². The number of ether oxygens (including phenoxy) is 2. The Morgan fingerprint density at radius 2 is 0.738 bits per heavy atom. The topological polar surface area (TPSA) is 108 Å². The van der Waals surface area contributed by atoms with E-state index in [0.29, 0.717) is 17.4 Å². The summed E-state index contributed by atoms with van der Waals surface area (Å²) in [6.07, 6.45) is 84.0. The number of unbranched alkanes of at least 4 members (excludes halogenated alkanes) is 30. The summed E-state index contributed by atoms with van der Waals surface area (Å²) >= 11 is 0. The summed E-state index contributed by atoms with van der Waals surface area (Å²) in [5.41, 5.74) is 0. The molecule has 0 radical (unpaired) electrons. The molecule has 2 atom stereocenters. The number of quaternary nitrogens is 1. The number of hydrogen-bond donors (Lipinski definition) is 1. The normalized spacial score (nSPS) is 13.8. The zero-order valence-electron chi connectivity index (χ0n) is 52.5. The molecule has 0 aromatic carbocycles. The number of nitrogens with zero attached hydrogens (tertiary/aromatic N) is 1. The van der Waals surface area contributed by atoms with Crippen LogP contribution < -0.4 is 0 Å². The van der Waals surface area contributed by atoms with Gasteiger partial charge in [0.2, 0.25) is 0 Å². The molecule has 9 nitrogen and oxygen atoms in total. The number of allylic oxidation sites excluding steroid dienone is 16. The highest BCUT2D eigenvalue weighted by Crippen LogP contribution is 2.43. The third-order valence-corrected chi connectivity index (χ3v) is 15.1. The summed E-state index contributed by atoms with van der Waals surface area (Å²) in [7, 11) is 1.43. The lowest BCUT2D eigenvalue weighted by Crippen LogP contribution is -2.37. The SMILES string of the molecule is CC/C=C\C/C=C\C/C=C\C/C=C\C/C=C\C/C=C\CCC(=O)OC(COC(=O)CCCCCCCCCCCCCCCCCCCCCCCCCCC/C=C\C/C=C\CCCCCCC)COP(=O)(O)OCC[N+](C)(C)C. The van der Waals surface area contributed by atoms with Gasteiger partial charge in [0.05, 0.1) is 27.7 Å². The van der Waals surface area contributed by atoms with Crippen molar-refractivity contribution in [3.8, 4) is 0 Å². The van der Waals surface area contributed by atoms with Gasteiger partial charge in [-0.2, -0.15) is 0 Å². The average Bonchev–Trinajstić information content (AvgIpc) is 3.42. The summed E-state index contributed by atoms with van der Waals surface area (Å²) in [5.74, 6) is -0.891. The Morgan fingerprint density at radius 3 is 1.11 bits per heavy atom. The molecule has 80 heavy (non-hydrogen) atoms. The highest BCUT2D eigenvalue weighted by Gasteiger charge is 2.27. The van der Waals surface area contributed by atoms with Gasteiger partial charge >= 0.3 is 19.8 Å². The Hall–Kier alpha value is -3.07. The van der Waals surface area contributed by atoms with Crippen LogP contribution in [0.25, 0.3) is 0 Å². The van der Waals surface area contributed by atoms with Gasteiger partial charge in [0.15, 0.2) is 6.10 Å². The molecular formula is C70H125NO8P+. The predicted molar refractivity (Wildman–Crippen MR) is 344 cm³/mol. The quantitative estimate of drug-likeness (QED) is 0.0211. The van der Waals surface area contributed by atoms with E-state index in [-0.39, 0.29) is 32.0 Å². The molecule has 0 rings (SSSR count). The number of esters is 2. The van der Waals surface area contributed by atoms with E-state index < -0.39 is 26.5 Å². The third-order valence-electron chi connectivity index (χ3n) is 14.1. The van der Waals surface area contributed by atoms with Crippen molar-refractivity contribution in [2.24, 2.45) is 0 Å². The molecule has 0 aliphatic carbocycles. The van der Waals surface area contributed by atoms with E-state index in [1.54, 1.807) is 0 Å². The molecule has 0 aromatic heterocycles. The first-order valence-corrected chi connectivity index (χ1v) is 34.5. The van der Waals surface area contributed by atoms with Crippen LogP contribution in [0, 0.1) is 0 Å². The van der Waals surface area contributed by atoms with Gasteiger partial charge in [-0.3, -0.25) is 18.6 Å². The average molecular weight is 1140 g/mol. The first-order chi connectivity index (χ1) is 39.0. The van der Waals surface area contributed by atoms with Gasteiger partial charge in [-0.05, 0) is 83.5 Å². The fourth-order valence-electron chi connectivity index (χ4n) is 9.07. The molecule has 0 spiro atoms. The van der Waals surface area contributed by atoms with Crippen LogP contribution in [0.4, 0.5) is 0 Å². The summed E-state index contributed by atoms with van der Waals surface area (Å²) in [4.78, 5) is 35.7. The summed E-state index contributed by atoms with van der Waals surface area (Å²) in [6.45, 7) is 4.24. The maximum Gasteiger partial charge on any atom is 0.472 e. The second kappa shape index (κ2) is 60.5. The van der Waals surface area contributed by atoms with Crippen molar-refractivity contribution >= 4 is 19.8 Å². The largest absolute Gasteiger partial charge is 0.472 e. The minimum Gasteiger partial charge on any atom is -0.462 e. The van der Waals surface area contributed by atoms with Gasteiger partial charge in [0.1, 0.15) is 19.8 Å². The number of rotatable bonds is 60. The predicted octanol–water partition coefficient (Wildman–Crippen LogP) is 21.2. The molecule has 0 aliphatic rings. The van der Waals surface area contributed by atoms with Crippen molar-refractivity contribution in [3.05, 3.63) is 97.2 Å². The zero-order chi connectivity index (χ0) is 58.4. The number of carbonyl (C=O) groups is 2.